The van der Waals surface area contributed by atoms with Gasteiger partial charge in [0.2, 0.25) is 5.91 Å². The van der Waals surface area contributed by atoms with Crippen LogP contribution in [0.3, 0.4) is 0 Å². The standard InChI is InChI=1S/C27H29N3O2/c1-5-22-16-19(15-17(2)29-22)8-13-24(31)21-11-9-20(10-12-21)18(3)27(4)23-7-6-14-28-25(23)30-26(27)32/h6-7,9-12,14-16,18H,5,8,13H2,1-4H3,(H,28,30,32)/t18-,27-/m1/s1. The fourth-order valence-corrected chi connectivity index (χ4v) is 4.55. The van der Waals surface area contributed by atoms with Crippen molar-refractivity contribution in [2.24, 2.45) is 0 Å². The van der Waals surface area contributed by atoms with Crippen molar-refractivity contribution in [3.05, 3.63) is 88.4 Å². The Balaban J connectivity index is 1.48. The third-order valence-electron chi connectivity index (χ3n) is 6.74. The van der Waals surface area contributed by atoms with Crippen molar-refractivity contribution in [2.75, 3.05) is 5.32 Å². The quantitative estimate of drug-likeness (QED) is 0.528. The van der Waals surface area contributed by atoms with Crippen molar-refractivity contribution >= 4 is 17.5 Å². The van der Waals surface area contributed by atoms with Crippen molar-refractivity contribution in [1.82, 2.24) is 9.97 Å². The number of rotatable bonds is 7. The largest absolute Gasteiger partial charge is 0.310 e. The summed E-state index contributed by atoms with van der Waals surface area (Å²) in [5.41, 5.74) is 5.14. The lowest BCUT2D eigenvalue weighted by Gasteiger charge is -2.30. The summed E-state index contributed by atoms with van der Waals surface area (Å²) in [5, 5.41) is 2.90. The van der Waals surface area contributed by atoms with Gasteiger partial charge < -0.3 is 5.32 Å². The molecule has 0 saturated heterocycles. The number of Topliss-reactive ketones (excluding diaryl/α,β-unsaturated/α-hetero) is 1. The van der Waals surface area contributed by atoms with Crippen LogP contribution in [0.25, 0.3) is 0 Å². The minimum atomic E-state index is -0.703. The first kappa shape index (κ1) is 21.9. The van der Waals surface area contributed by atoms with Crippen molar-refractivity contribution in [3.8, 4) is 0 Å². The second-order valence-corrected chi connectivity index (χ2v) is 8.78. The Morgan fingerprint density at radius 3 is 2.62 bits per heavy atom. The van der Waals surface area contributed by atoms with Gasteiger partial charge >= 0.3 is 0 Å². The molecule has 2 aromatic heterocycles. The smallest absolute Gasteiger partial charge is 0.236 e. The van der Waals surface area contributed by atoms with Gasteiger partial charge in [0.15, 0.2) is 5.78 Å². The van der Waals surface area contributed by atoms with E-state index < -0.39 is 5.41 Å². The summed E-state index contributed by atoms with van der Waals surface area (Å²) in [6, 6.07) is 15.7. The van der Waals surface area contributed by atoms with Crippen molar-refractivity contribution < 1.29 is 9.59 Å². The summed E-state index contributed by atoms with van der Waals surface area (Å²) in [6.07, 6.45) is 3.74. The second-order valence-electron chi connectivity index (χ2n) is 8.78. The number of ketones is 1. The normalized spacial score (nSPS) is 18.2. The molecule has 2 atom stereocenters. The van der Waals surface area contributed by atoms with E-state index in [1.807, 2.05) is 50.2 Å². The summed E-state index contributed by atoms with van der Waals surface area (Å²) >= 11 is 0. The maximum Gasteiger partial charge on any atom is 0.236 e. The number of aryl methyl sites for hydroxylation is 3. The van der Waals surface area contributed by atoms with Crippen LogP contribution in [-0.4, -0.2) is 21.7 Å². The Morgan fingerprint density at radius 1 is 1.16 bits per heavy atom. The molecule has 0 radical (unpaired) electrons. The first-order chi connectivity index (χ1) is 15.3. The number of nitrogens with one attached hydrogen (secondary N) is 1. The van der Waals surface area contributed by atoms with Crippen LogP contribution in [-0.2, 0) is 23.1 Å². The van der Waals surface area contributed by atoms with Gasteiger partial charge in [-0.1, -0.05) is 44.2 Å². The van der Waals surface area contributed by atoms with Gasteiger partial charge in [0.25, 0.3) is 0 Å². The van der Waals surface area contributed by atoms with E-state index in [9.17, 15) is 9.59 Å². The Kier molecular flexibility index (Phi) is 5.92. The highest BCUT2D eigenvalue weighted by molar-refractivity contribution is 6.05. The lowest BCUT2D eigenvalue weighted by molar-refractivity contribution is -0.120. The number of amides is 1. The van der Waals surface area contributed by atoms with Gasteiger partial charge in [0.05, 0.1) is 5.41 Å². The number of carbonyl (C=O) groups excluding carboxylic acids is 2. The number of anilines is 1. The molecule has 0 aliphatic carbocycles. The predicted molar refractivity (Wildman–Crippen MR) is 126 cm³/mol. The monoisotopic (exact) mass is 427 g/mol. The molecule has 5 heteroatoms. The highest BCUT2D eigenvalue weighted by Crippen LogP contribution is 2.45. The number of hydrogen-bond acceptors (Lipinski definition) is 4. The van der Waals surface area contributed by atoms with Crippen LogP contribution < -0.4 is 5.32 Å². The lowest BCUT2D eigenvalue weighted by atomic mass is 9.71. The van der Waals surface area contributed by atoms with E-state index in [1.54, 1.807) is 6.20 Å². The van der Waals surface area contributed by atoms with Crippen LogP contribution in [0, 0.1) is 6.92 Å². The van der Waals surface area contributed by atoms with Gasteiger partial charge in [-0.05, 0) is 61.9 Å². The van der Waals surface area contributed by atoms with E-state index in [-0.39, 0.29) is 17.6 Å². The molecule has 3 heterocycles. The molecule has 1 aromatic carbocycles. The number of carbonyl (C=O) groups is 2. The van der Waals surface area contributed by atoms with Gasteiger partial charge in [-0.15, -0.1) is 0 Å². The second kappa shape index (κ2) is 8.65. The number of aromatic nitrogens is 2. The molecule has 0 saturated carbocycles. The molecule has 0 bridgehead atoms. The minimum Gasteiger partial charge on any atom is -0.310 e. The molecule has 5 nitrogen and oxygen atoms in total. The van der Waals surface area contributed by atoms with Crippen LogP contribution in [0.15, 0.2) is 54.7 Å². The fourth-order valence-electron chi connectivity index (χ4n) is 4.55. The first-order valence-corrected chi connectivity index (χ1v) is 11.2. The summed E-state index contributed by atoms with van der Waals surface area (Å²) in [6.45, 7) is 8.09. The van der Waals surface area contributed by atoms with Crippen molar-refractivity contribution in [1.29, 1.82) is 0 Å². The van der Waals surface area contributed by atoms with Crippen LogP contribution >= 0.6 is 0 Å². The molecule has 3 aromatic rings. The van der Waals surface area contributed by atoms with E-state index in [4.69, 9.17) is 0 Å². The number of pyridine rings is 2. The molecular weight excluding hydrogens is 398 g/mol. The molecule has 0 fully saturated rings. The predicted octanol–water partition coefficient (Wildman–Crippen LogP) is 5.18. The van der Waals surface area contributed by atoms with Gasteiger partial charge in [0, 0.05) is 35.1 Å². The molecule has 4 rings (SSSR count). The van der Waals surface area contributed by atoms with Crippen LogP contribution in [0.5, 0.6) is 0 Å². The van der Waals surface area contributed by atoms with E-state index in [0.29, 0.717) is 24.2 Å². The maximum atomic E-state index is 12.8. The molecule has 0 unspecified atom stereocenters. The first-order valence-electron chi connectivity index (χ1n) is 11.2. The van der Waals surface area contributed by atoms with E-state index in [0.717, 1.165) is 34.5 Å². The molecule has 1 aliphatic heterocycles. The van der Waals surface area contributed by atoms with Crippen molar-refractivity contribution in [2.45, 2.75) is 58.3 Å². The summed E-state index contributed by atoms with van der Waals surface area (Å²) < 4.78 is 0. The molecule has 32 heavy (non-hydrogen) atoms. The zero-order valence-corrected chi connectivity index (χ0v) is 19.1. The third kappa shape index (κ3) is 3.95. The van der Waals surface area contributed by atoms with Crippen LogP contribution in [0.1, 0.15) is 71.5 Å². The number of hydrogen-bond donors (Lipinski definition) is 1. The molecule has 164 valence electrons. The SMILES string of the molecule is CCc1cc(CCC(=O)c2ccc([C@@H](C)[C@@]3(C)C(=O)Nc4ncccc43)cc2)cc(C)n1. The highest BCUT2D eigenvalue weighted by atomic mass is 16.2. The number of fused-ring (bicyclic) bond motifs is 1. The summed E-state index contributed by atoms with van der Waals surface area (Å²) in [7, 11) is 0. The molecule has 1 N–H and O–H groups in total. The van der Waals surface area contributed by atoms with E-state index >= 15 is 0 Å². The van der Waals surface area contributed by atoms with Crippen molar-refractivity contribution in [3.63, 3.8) is 0 Å². The summed E-state index contributed by atoms with van der Waals surface area (Å²) in [4.78, 5) is 34.4. The number of benzene rings is 1. The Labute approximate surface area is 189 Å². The maximum absolute atomic E-state index is 12.8. The lowest BCUT2D eigenvalue weighted by Crippen LogP contribution is -2.36. The van der Waals surface area contributed by atoms with E-state index in [2.05, 4.69) is 41.3 Å². The molecular formula is C27H29N3O2. The van der Waals surface area contributed by atoms with Crippen LogP contribution in [0.4, 0.5) is 5.82 Å². The zero-order chi connectivity index (χ0) is 22.9. The van der Waals surface area contributed by atoms with Crippen LogP contribution in [0.2, 0.25) is 0 Å². The van der Waals surface area contributed by atoms with E-state index in [1.165, 1.54) is 0 Å². The Morgan fingerprint density at radius 2 is 1.91 bits per heavy atom. The third-order valence-corrected chi connectivity index (χ3v) is 6.74. The van der Waals surface area contributed by atoms with Gasteiger partial charge in [-0.25, -0.2) is 4.98 Å². The van der Waals surface area contributed by atoms with Gasteiger partial charge in [-0.3, -0.25) is 14.6 Å². The number of nitrogens with zero attached hydrogens (tertiary/aromatic N) is 2. The molecule has 1 aliphatic rings. The minimum absolute atomic E-state index is 0.0436. The average Bonchev–Trinajstić information content (AvgIpc) is 3.07. The summed E-state index contributed by atoms with van der Waals surface area (Å²) in [5.74, 6) is 0.648. The van der Waals surface area contributed by atoms with Gasteiger partial charge in [0.1, 0.15) is 5.82 Å². The Bertz CT molecular complexity index is 1170. The topological polar surface area (TPSA) is 72.0 Å². The molecule has 0 spiro atoms. The average molecular weight is 428 g/mol. The molecule has 1 amide bonds. The fraction of sp³-hybridized carbons (Fsp3) is 0.333. The Hall–Kier alpha value is -3.34. The van der Waals surface area contributed by atoms with Gasteiger partial charge in [-0.2, -0.15) is 0 Å². The zero-order valence-electron chi connectivity index (χ0n) is 19.1. The highest BCUT2D eigenvalue weighted by Gasteiger charge is 2.47.